The molecule has 22 heavy (non-hydrogen) atoms. The van der Waals surface area contributed by atoms with Crippen LogP contribution in [0.2, 0.25) is 0 Å². The van der Waals surface area contributed by atoms with E-state index < -0.39 is 24.8 Å². The Labute approximate surface area is 128 Å². The van der Waals surface area contributed by atoms with Crippen LogP contribution in [0.3, 0.4) is 0 Å². The number of hydroxylamine groups is 2. The number of rotatable bonds is 5. The van der Waals surface area contributed by atoms with Gasteiger partial charge in [-0.05, 0) is 25.7 Å². The van der Waals surface area contributed by atoms with Crippen LogP contribution in [0.4, 0.5) is 9.59 Å². The van der Waals surface area contributed by atoms with Crippen molar-refractivity contribution in [1.82, 2.24) is 9.96 Å². The van der Waals surface area contributed by atoms with Crippen molar-refractivity contribution in [2.45, 2.75) is 31.6 Å². The molecule has 0 aliphatic carbocycles. The molecular weight excluding hydrogens is 296 g/mol. The normalized spacial score (nSPS) is 22.1. The van der Waals surface area contributed by atoms with Crippen molar-refractivity contribution in [1.29, 1.82) is 0 Å². The summed E-state index contributed by atoms with van der Waals surface area (Å²) in [7, 11) is 1.13. The molecule has 2 aliphatic rings. The molecule has 9 heteroatoms. The second kappa shape index (κ2) is 7.61. The van der Waals surface area contributed by atoms with Crippen molar-refractivity contribution in [3.63, 3.8) is 0 Å². The number of ether oxygens (including phenoxy) is 3. The first-order valence-corrected chi connectivity index (χ1v) is 7.37. The number of hydrogen-bond donors (Lipinski definition) is 1. The van der Waals surface area contributed by atoms with Gasteiger partial charge in [0.2, 0.25) is 0 Å². The van der Waals surface area contributed by atoms with Crippen LogP contribution in [0.5, 0.6) is 0 Å². The molecule has 2 heterocycles. The van der Waals surface area contributed by atoms with Gasteiger partial charge in [0.25, 0.3) is 0 Å². The second-order valence-electron chi connectivity index (χ2n) is 5.26. The molecule has 2 fully saturated rings. The van der Waals surface area contributed by atoms with Crippen molar-refractivity contribution in [2.24, 2.45) is 0 Å². The average molecular weight is 318 g/mol. The number of carbonyl (C=O) groups excluding carboxylic acids is 2. The molecule has 0 aromatic heterocycles. The summed E-state index contributed by atoms with van der Waals surface area (Å²) in [5.74, 6) is -2.05. The molecule has 0 bridgehead atoms. The zero-order chi connectivity index (χ0) is 16.0. The molecule has 0 spiro atoms. The lowest BCUT2D eigenvalue weighted by Crippen LogP contribution is -2.54. The van der Waals surface area contributed by atoms with Gasteiger partial charge >= 0.3 is 18.2 Å². The molecule has 1 unspecified atom stereocenters. The fourth-order valence-electron chi connectivity index (χ4n) is 2.49. The molecule has 0 amide bonds. The Hall–Kier alpha value is -1.58. The van der Waals surface area contributed by atoms with E-state index in [-0.39, 0.29) is 0 Å². The quantitative estimate of drug-likeness (QED) is 0.579. The van der Waals surface area contributed by atoms with Gasteiger partial charge in [0.1, 0.15) is 0 Å². The van der Waals surface area contributed by atoms with E-state index in [1.54, 1.807) is 0 Å². The van der Waals surface area contributed by atoms with Crippen LogP contribution in [0, 0.1) is 0 Å². The van der Waals surface area contributed by atoms with Gasteiger partial charge in [-0.3, -0.25) is 0 Å². The zero-order valence-corrected chi connectivity index (χ0v) is 12.7. The average Bonchev–Trinajstić information content (AvgIpc) is 3.18. The van der Waals surface area contributed by atoms with Gasteiger partial charge in [-0.15, -0.1) is 5.06 Å². The standard InChI is InChI=1S/C13H22N2O7/c1-19-11(16)21-13(18,14-6-2-3-7-14)10-20-12(17)22-15-8-4-5-9-15/h18H,2-10H2,1H3. The van der Waals surface area contributed by atoms with Crippen molar-refractivity contribution in [2.75, 3.05) is 39.9 Å². The predicted octanol–water partition coefficient (Wildman–Crippen LogP) is 0.675. The summed E-state index contributed by atoms with van der Waals surface area (Å²) in [6.45, 7) is 1.82. The first kappa shape index (κ1) is 16.8. The molecule has 2 rings (SSSR count). The van der Waals surface area contributed by atoms with Gasteiger partial charge in [-0.25, -0.2) is 14.5 Å². The van der Waals surface area contributed by atoms with Crippen molar-refractivity contribution >= 4 is 12.3 Å². The number of methoxy groups -OCH3 is 1. The van der Waals surface area contributed by atoms with Crippen LogP contribution < -0.4 is 0 Å². The molecule has 1 atom stereocenters. The zero-order valence-electron chi connectivity index (χ0n) is 12.7. The molecule has 0 aromatic rings. The molecule has 126 valence electrons. The number of carbonyl (C=O) groups is 2. The van der Waals surface area contributed by atoms with E-state index in [1.807, 2.05) is 0 Å². The van der Waals surface area contributed by atoms with Crippen LogP contribution in [0.25, 0.3) is 0 Å². The fourth-order valence-corrected chi connectivity index (χ4v) is 2.49. The minimum absolute atomic E-state index is 0.526. The van der Waals surface area contributed by atoms with Gasteiger partial charge < -0.3 is 24.2 Å². The highest BCUT2D eigenvalue weighted by Gasteiger charge is 2.42. The van der Waals surface area contributed by atoms with Crippen LogP contribution in [0.15, 0.2) is 0 Å². The molecule has 1 N–H and O–H groups in total. The maximum atomic E-state index is 11.6. The van der Waals surface area contributed by atoms with Gasteiger partial charge in [0.15, 0.2) is 6.61 Å². The summed E-state index contributed by atoms with van der Waals surface area (Å²) >= 11 is 0. The third-order valence-electron chi connectivity index (χ3n) is 3.66. The highest BCUT2D eigenvalue weighted by atomic mass is 16.8. The molecule has 2 saturated heterocycles. The van der Waals surface area contributed by atoms with Gasteiger partial charge in [0.05, 0.1) is 7.11 Å². The molecule has 0 radical (unpaired) electrons. The summed E-state index contributed by atoms with van der Waals surface area (Å²) in [4.78, 5) is 29.4. The van der Waals surface area contributed by atoms with Gasteiger partial charge in [-0.1, -0.05) is 0 Å². The van der Waals surface area contributed by atoms with E-state index >= 15 is 0 Å². The smallest absolute Gasteiger partial charge is 0.438 e. The van der Waals surface area contributed by atoms with E-state index in [9.17, 15) is 14.7 Å². The first-order chi connectivity index (χ1) is 10.5. The van der Waals surface area contributed by atoms with Crippen molar-refractivity contribution in [3.8, 4) is 0 Å². The van der Waals surface area contributed by atoms with E-state index in [0.29, 0.717) is 26.2 Å². The van der Waals surface area contributed by atoms with E-state index in [1.165, 1.54) is 9.96 Å². The van der Waals surface area contributed by atoms with Crippen LogP contribution in [0.1, 0.15) is 25.7 Å². The number of hydrogen-bond acceptors (Lipinski definition) is 9. The van der Waals surface area contributed by atoms with Crippen LogP contribution in [-0.4, -0.2) is 73.2 Å². The van der Waals surface area contributed by atoms with Crippen molar-refractivity contribution < 1.29 is 33.7 Å². The first-order valence-electron chi connectivity index (χ1n) is 7.37. The minimum Gasteiger partial charge on any atom is -0.438 e. The number of likely N-dealkylation sites (tertiary alicyclic amines) is 1. The Balaban J connectivity index is 1.87. The second-order valence-corrected chi connectivity index (χ2v) is 5.26. The fraction of sp³-hybridized carbons (Fsp3) is 0.846. The number of aliphatic hydroxyl groups is 1. The molecule has 0 aromatic carbocycles. The van der Waals surface area contributed by atoms with E-state index in [4.69, 9.17) is 14.3 Å². The highest BCUT2D eigenvalue weighted by molar-refractivity contribution is 5.61. The van der Waals surface area contributed by atoms with Crippen molar-refractivity contribution in [3.05, 3.63) is 0 Å². The predicted molar refractivity (Wildman–Crippen MR) is 72.5 cm³/mol. The highest BCUT2D eigenvalue weighted by Crippen LogP contribution is 2.22. The molecule has 9 nitrogen and oxygen atoms in total. The lowest BCUT2D eigenvalue weighted by atomic mass is 10.4. The lowest BCUT2D eigenvalue weighted by Gasteiger charge is -2.34. The van der Waals surface area contributed by atoms with E-state index in [2.05, 4.69) is 4.74 Å². The lowest BCUT2D eigenvalue weighted by molar-refractivity contribution is -0.283. The van der Waals surface area contributed by atoms with Crippen LogP contribution in [-0.2, 0) is 19.0 Å². The third kappa shape index (κ3) is 4.46. The molecule has 0 saturated carbocycles. The van der Waals surface area contributed by atoms with Gasteiger partial charge in [0, 0.05) is 26.2 Å². The topological polar surface area (TPSA) is 97.8 Å². The van der Waals surface area contributed by atoms with E-state index in [0.717, 1.165) is 32.8 Å². The Morgan fingerprint density at radius 3 is 2.23 bits per heavy atom. The summed E-state index contributed by atoms with van der Waals surface area (Å²) in [6.07, 6.45) is 1.63. The monoisotopic (exact) mass is 318 g/mol. The summed E-state index contributed by atoms with van der Waals surface area (Å²) in [6, 6.07) is 0. The number of nitrogens with zero attached hydrogens (tertiary/aromatic N) is 2. The molecular formula is C13H22N2O7. The maximum absolute atomic E-state index is 11.6. The largest absolute Gasteiger partial charge is 0.528 e. The third-order valence-corrected chi connectivity index (χ3v) is 3.66. The maximum Gasteiger partial charge on any atom is 0.528 e. The summed E-state index contributed by atoms with van der Waals surface area (Å²) in [5.41, 5.74) is 0. The Kier molecular flexibility index (Phi) is 5.81. The SMILES string of the molecule is COC(=O)OC(O)(COC(=O)ON1CCCC1)N1CCCC1. The summed E-state index contributed by atoms with van der Waals surface area (Å²) in [5, 5.41) is 12.0. The minimum atomic E-state index is -2.05. The Bertz CT molecular complexity index is 394. The van der Waals surface area contributed by atoms with Crippen LogP contribution >= 0.6 is 0 Å². The molecule has 2 aliphatic heterocycles. The Morgan fingerprint density at radius 2 is 1.64 bits per heavy atom. The Morgan fingerprint density at radius 1 is 1.05 bits per heavy atom. The summed E-state index contributed by atoms with van der Waals surface area (Å²) < 4.78 is 14.2. The van der Waals surface area contributed by atoms with Gasteiger partial charge in [-0.2, -0.15) is 0 Å².